The molecule has 4 N–H and O–H groups in total. The minimum atomic E-state index is -4.90. The van der Waals surface area contributed by atoms with Gasteiger partial charge in [0, 0.05) is 30.3 Å². The number of carbonyl (C=O) groups is 4. The first kappa shape index (κ1) is 32.2. The van der Waals surface area contributed by atoms with Crippen molar-refractivity contribution in [2.45, 2.75) is 65.0 Å². The van der Waals surface area contributed by atoms with Crippen LogP contribution in [0.15, 0.2) is 41.3 Å². The molecule has 2 aromatic rings. The lowest BCUT2D eigenvalue weighted by atomic mass is 9.70. The van der Waals surface area contributed by atoms with Crippen molar-refractivity contribution in [1.29, 1.82) is 0 Å². The fraction of sp³-hybridized carbons (Fsp3) is 0.355. The molecule has 0 saturated heterocycles. The molecule has 13 heteroatoms. The highest BCUT2D eigenvalue weighted by Gasteiger charge is 2.56. The molecule has 0 radical (unpaired) electrons. The van der Waals surface area contributed by atoms with Gasteiger partial charge in [0.1, 0.15) is 34.0 Å². The molecule has 1 heterocycles. The van der Waals surface area contributed by atoms with E-state index >= 15 is 0 Å². The zero-order valence-corrected chi connectivity index (χ0v) is 24.3. The smallest absolute Gasteiger partial charge is 0.419 e. The summed E-state index contributed by atoms with van der Waals surface area (Å²) in [6.45, 7) is 5.88. The molecule has 1 atom stereocenters. The minimum absolute atomic E-state index is 0.0151. The number of aromatic hydroxyl groups is 2. The monoisotopic (exact) mass is 618 g/mol. The lowest BCUT2D eigenvalue weighted by Crippen LogP contribution is -2.41. The molecule has 2 aromatic carbocycles. The van der Waals surface area contributed by atoms with Crippen LogP contribution in [0.25, 0.3) is 0 Å². The standard InChI is InChI=1S/C31H30F4N2O7/c1-14-26(41)23(16(3)38)28-24(27(14)42)30(4)20(44-28)13-19(39)22(29(30)43)15(2)36-12-7-5-6-11-21(40)37-18-10-8-9-17(25(18)32)31(33,34)35/h8-10,13,36,41-42H,5-7,11-12H2,1-4H3,(H,37,40)/b22-15+. The summed E-state index contributed by atoms with van der Waals surface area (Å²) in [7, 11) is 0. The molecule has 1 amide bonds. The van der Waals surface area contributed by atoms with Crippen molar-refractivity contribution in [2.24, 2.45) is 0 Å². The highest BCUT2D eigenvalue weighted by atomic mass is 19.4. The number of unbranched alkanes of at least 4 members (excludes halogenated alkanes) is 2. The molecule has 0 aromatic heterocycles. The van der Waals surface area contributed by atoms with Gasteiger partial charge in [0.25, 0.3) is 0 Å². The molecule has 44 heavy (non-hydrogen) atoms. The van der Waals surface area contributed by atoms with Gasteiger partial charge >= 0.3 is 6.18 Å². The van der Waals surface area contributed by atoms with Gasteiger partial charge in [-0.15, -0.1) is 0 Å². The van der Waals surface area contributed by atoms with Crippen LogP contribution in [-0.2, 0) is 26.0 Å². The number of phenolic OH excluding ortho intramolecular Hbond substituents is 2. The lowest BCUT2D eigenvalue weighted by molar-refractivity contribution is -0.140. The van der Waals surface area contributed by atoms with E-state index in [0.29, 0.717) is 31.9 Å². The number of hydrogen-bond acceptors (Lipinski definition) is 8. The molecule has 0 spiro atoms. The van der Waals surface area contributed by atoms with Gasteiger partial charge in [-0.2, -0.15) is 13.2 Å². The third-order valence-electron chi connectivity index (χ3n) is 7.81. The van der Waals surface area contributed by atoms with Gasteiger partial charge in [-0.3, -0.25) is 19.2 Å². The van der Waals surface area contributed by atoms with E-state index < -0.39 is 63.4 Å². The van der Waals surface area contributed by atoms with E-state index in [1.165, 1.54) is 27.7 Å². The summed E-state index contributed by atoms with van der Waals surface area (Å²) in [6, 6.07) is 2.62. The Balaban J connectivity index is 1.39. The highest BCUT2D eigenvalue weighted by molar-refractivity contribution is 6.31. The van der Waals surface area contributed by atoms with E-state index in [9.17, 15) is 47.0 Å². The molecule has 9 nitrogen and oxygen atoms in total. The van der Waals surface area contributed by atoms with Crippen molar-refractivity contribution in [2.75, 3.05) is 11.9 Å². The Morgan fingerprint density at radius 3 is 2.36 bits per heavy atom. The SMILES string of the molecule is CC(=O)c1c(O)c(C)c(O)c2c1OC1=CC(=O)/C(=C(/C)NCCCCCC(=O)Nc3cccc(C(F)(F)F)c3F)C(=O)C12C. The number of allylic oxidation sites excluding steroid dienone is 4. The second-order valence-corrected chi connectivity index (χ2v) is 10.8. The third kappa shape index (κ3) is 5.53. The van der Waals surface area contributed by atoms with Crippen molar-refractivity contribution < 1.29 is 51.7 Å². The summed E-state index contributed by atoms with van der Waals surface area (Å²) in [6.07, 6.45) is -2.53. The van der Waals surface area contributed by atoms with Crippen LogP contribution in [0.5, 0.6) is 17.2 Å². The predicted molar refractivity (Wildman–Crippen MR) is 150 cm³/mol. The van der Waals surface area contributed by atoms with Crippen LogP contribution in [0, 0.1) is 12.7 Å². The van der Waals surface area contributed by atoms with Crippen LogP contribution in [0.4, 0.5) is 23.2 Å². The molecule has 1 aliphatic heterocycles. The van der Waals surface area contributed by atoms with Gasteiger partial charge in [0.2, 0.25) is 5.91 Å². The highest BCUT2D eigenvalue weighted by Crippen LogP contribution is 2.57. The Bertz CT molecular complexity index is 1660. The maximum atomic E-state index is 14.1. The lowest BCUT2D eigenvalue weighted by Gasteiger charge is -2.29. The number of benzene rings is 2. The minimum Gasteiger partial charge on any atom is -0.507 e. The quantitative estimate of drug-likeness (QED) is 0.0947. The molecule has 0 fully saturated rings. The number of hydrogen-bond donors (Lipinski definition) is 4. The van der Waals surface area contributed by atoms with Crippen molar-refractivity contribution >= 4 is 28.9 Å². The topological polar surface area (TPSA) is 142 Å². The molecule has 4 rings (SSSR count). The summed E-state index contributed by atoms with van der Waals surface area (Å²) in [4.78, 5) is 51.2. The summed E-state index contributed by atoms with van der Waals surface area (Å²) in [5, 5.41) is 26.5. The first-order chi connectivity index (χ1) is 20.5. The average molecular weight is 619 g/mol. The Hall–Kier alpha value is -4.68. The van der Waals surface area contributed by atoms with Gasteiger partial charge in [-0.25, -0.2) is 4.39 Å². The number of phenols is 2. The predicted octanol–water partition coefficient (Wildman–Crippen LogP) is 5.52. The van der Waals surface area contributed by atoms with Gasteiger partial charge in [-0.1, -0.05) is 12.5 Å². The average Bonchev–Trinajstić information content (AvgIpc) is 3.22. The van der Waals surface area contributed by atoms with Crippen LogP contribution in [0.1, 0.15) is 73.5 Å². The molecule has 2 aliphatic rings. The molecule has 234 valence electrons. The van der Waals surface area contributed by atoms with Crippen molar-refractivity contribution in [3.05, 3.63) is 69.4 Å². The summed E-state index contributed by atoms with van der Waals surface area (Å²) in [5.41, 5.74) is -3.84. The van der Waals surface area contributed by atoms with Crippen LogP contribution in [-0.4, -0.2) is 40.0 Å². The van der Waals surface area contributed by atoms with Gasteiger partial charge in [-0.05, 0) is 52.7 Å². The van der Waals surface area contributed by atoms with E-state index in [2.05, 4.69) is 10.6 Å². The van der Waals surface area contributed by atoms with Crippen molar-refractivity contribution in [3.8, 4) is 17.2 Å². The molecule has 0 saturated carbocycles. The molecular weight excluding hydrogens is 588 g/mol. The number of fused-ring (bicyclic) bond motifs is 3. The fourth-order valence-electron chi connectivity index (χ4n) is 5.37. The van der Waals surface area contributed by atoms with E-state index in [1.54, 1.807) is 0 Å². The maximum absolute atomic E-state index is 14.1. The van der Waals surface area contributed by atoms with E-state index in [-0.39, 0.29) is 45.9 Å². The summed E-state index contributed by atoms with van der Waals surface area (Å²) < 4.78 is 58.5. The number of nitrogens with one attached hydrogen (secondary N) is 2. The number of rotatable bonds is 9. The maximum Gasteiger partial charge on any atom is 0.419 e. The Labute approximate surface area is 249 Å². The van der Waals surface area contributed by atoms with Gasteiger partial charge in [0.15, 0.2) is 23.2 Å². The first-order valence-corrected chi connectivity index (χ1v) is 13.7. The number of alkyl halides is 3. The van der Waals surface area contributed by atoms with Crippen molar-refractivity contribution in [3.63, 3.8) is 0 Å². The normalized spacial score (nSPS) is 18.7. The second-order valence-electron chi connectivity index (χ2n) is 10.8. The largest absolute Gasteiger partial charge is 0.507 e. The number of anilines is 1. The zero-order chi connectivity index (χ0) is 32.7. The molecule has 1 unspecified atom stereocenters. The van der Waals surface area contributed by atoms with E-state index in [1.807, 2.05) is 0 Å². The van der Waals surface area contributed by atoms with E-state index in [0.717, 1.165) is 18.2 Å². The van der Waals surface area contributed by atoms with Crippen LogP contribution in [0.3, 0.4) is 0 Å². The van der Waals surface area contributed by atoms with Crippen molar-refractivity contribution in [1.82, 2.24) is 5.32 Å². The Morgan fingerprint density at radius 2 is 1.73 bits per heavy atom. The van der Waals surface area contributed by atoms with Gasteiger partial charge in [0.05, 0.1) is 22.4 Å². The Kier molecular flexibility index (Phi) is 8.63. The van der Waals surface area contributed by atoms with E-state index in [4.69, 9.17) is 4.74 Å². The summed E-state index contributed by atoms with van der Waals surface area (Å²) in [5.74, 6) is -5.25. The first-order valence-electron chi connectivity index (χ1n) is 13.7. The Morgan fingerprint density at radius 1 is 1.05 bits per heavy atom. The van der Waals surface area contributed by atoms with Crippen LogP contribution < -0.4 is 15.4 Å². The van der Waals surface area contributed by atoms with Gasteiger partial charge < -0.3 is 25.6 Å². The number of carbonyl (C=O) groups excluding carboxylic acids is 4. The second kappa shape index (κ2) is 11.8. The zero-order valence-electron chi connectivity index (χ0n) is 24.3. The molecular formula is C31H30F4N2O7. The number of amides is 1. The molecule has 0 bridgehead atoms. The molecule has 1 aliphatic carbocycles. The number of ether oxygens (including phenoxy) is 1. The number of ketones is 3. The van der Waals surface area contributed by atoms with Crippen LogP contribution >= 0.6 is 0 Å². The number of Topliss-reactive ketones (excluding diaryl/α,β-unsaturated/α-hetero) is 2. The third-order valence-corrected chi connectivity index (χ3v) is 7.81. The van der Waals surface area contributed by atoms with Crippen LogP contribution in [0.2, 0.25) is 0 Å². The fourth-order valence-corrected chi connectivity index (χ4v) is 5.37. The summed E-state index contributed by atoms with van der Waals surface area (Å²) >= 11 is 0. The number of halogens is 4.